The maximum absolute atomic E-state index is 13.0. The van der Waals surface area contributed by atoms with Crippen molar-refractivity contribution in [2.24, 2.45) is 5.92 Å². The van der Waals surface area contributed by atoms with E-state index in [0.29, 0.717) is 13.1 Å². The summed E-state index contributed by atoms with van der Waals surface area (Å²) in [5.41, 5.74) is 7.31. The van der Waals surface area contributed by atoms with Gasteiger partial charge in [0.2, 0.25) is 5.91 Å². The van der Waals surface area contributed by atoms with Crippen molar-refractivity contribution in [3.63, 3.8) is 0 Å². The molecule has 0 radical (unpaired) electrons. The highest BCUT2D eigenvalue weighted by Gasteiger charge is 2.29. The topological polar surface area (TPSA) is 75.9 Å². The normalized spacial score (nSPS) is 16.0. The van der Waals surface area contributed by atoms with Gasteiger partial charge < -0.3 is 10.2 Å². The van der Waals surface area contributed by atoms with E-state index >= 15 is 0 Å². The highest BCUT2D eigenvalue weighted by molar-refractivity contribution is 5.92. The fourth-order valence-electron chi connectivity index (χ4n) is 4.88. The molecule has 0 aliphatic carbocycles. The van der Waals surface area contributed by atoms with Crippen LogP contribution in [-0.4, -0.2) is 39.0 Å². The third-order valence-corrected chi connectivity index (χ3v) is 6.94. The number of piperidine rings is 1. The van der Waals surface area contributed by atoms with E-state index in [2.05, 4.69) is 89.7 Å². The summed E-state index contributed by atoms with van der Waals surface area (Å²) in [5, 5.41) is 18.2. The van der Waals surface area contributed by atoms with Gasteiger partial charge in [0, 0.05) is 19.6 Å². The Morgan fingerprint density at radius 1 is 0.971 bits per heavy atom. The van der Waals surface area contributed by atoms with Gasteiger partial charge in [0.1, 0.15) is 5.52 Å². The standard InChI is InChI=1S/C28H32N6O/c1-18-7-11-22(12-8-18)16-29-28(35)23-6-5-15-33(17-23)27-26-25(20(3)30-31-27)21(4)34(32-26)24-13-9-19(2)10-14-24/h7-14,23H,5-6,15-17H2,1-4H3,(H,29,35). The molecular formula is C28H32N6O. The van der Waals surface area contributed by atoms with Gasteiger partial charge in [-0.2, -0.15) is 10.2 Å². The highest BCUT2D eigenvalue weighted by atomic mass is 16.1. The van der Waals surface area contributed by atoms with E-state index in [-0.39, 0.29) is 11.8 Å². The third-order valence-electron chi connectivity index (χ3n) is 6.94. The van der Waals surface area contributed by atoms with E-state index in [1.165, 1.54) is 11.1 Å². The summed E-state index contributed by atoms with van der Waals surface area (Å²) in [5.74, 6) is 0.760. The van der Waals surface area contributed by atoms with Crippen molar-refractivity contribution >= 4 is 22.6 Å². The average Bonchev–Trinajstić information content (AvgIpc) is 3.22. The second kappa shape index (κ2) is 9.49. The summed E-state index contributed by atoms with van der Waals surface area (Å²) in [6.07, 6.45) is 1.80. The number of benzene rings is 2. The number of nitrogens with zero attached hydrogens (tertiary/aromatic N) is 5. The van der Waals surface area contributed by atoms with Crippen LogP contribution in [0.4, 0.5) is 5.82 Å². The minimum absolute atomic E-state index is 0.0902. The molecule has 0 saturated carbocycles. The Morgan fingerprint density at radius 2 is 1.66 bits per heavy atom. The molecule has 35 heavy (non-hydrogen) atoms. The van der Waals surface area contributed by atoms with Crippen molar-refractivity contribution in [3.8, 4) is 5.69 Å². The number of fused-ring (bicyclic) bond motifs is 1. The molecule has 1 aliphatic heterocycles. The summed E-state index contributed by atoms with van der Waals surface area (Å²) in [4.78, 5) is 15.2. The molecule has 7 heteroatoms. The number of nitrogens with one attached hydrogen (secondary N) is 1. The number of carbonyl (C=O) groups excluding carboxylic acids is 1. The number of aromatic nitrogens is 4. The lowest BCUT2D eigenvalue weighted by Gasteiger charge is -2.32. The molecule has 0 spiro atoms. The van der Waals surface area contributed by atoms with Gasteiger partial charge >= 0.3 is 0 Å². The van der Waals surface area contributed by atoms with Crippen LogP contribution in [0.15, 0.2) is 48.5 Å². The molecule has 7 nitrogen and oxygen atoms in total. The van der Waals surface area contributed by atoms with Gasteiger partial charge in [-0.25, -0.2) is 4.68 Å². The zero-order valence-corrected chi connectivity index (χ0v) is 20.9. The van der Waals surface area contributed by atoms with E-state index in [9.17, 15) is 4.79 Å². The summed E-state index contributed by atoms with van der Waals surface area (Å²) >= 11 is 0. The third kappa shape index (κ3) is 4.63. The molecule has 3 heterocycles. The maximum Gasteiger partial charge on any atom is 0.225 e. The summed E-state index contributed by atoms with van der Waals surface area (Å²) in [7, 11) is 0. The van der Waals surface area contributed by atoms with Gasteiger partial charge in [0.05, 0.1) is 28.4 Å². The van der Waals surface area contributed by atoms with Crippen LogP contribution in [0, 0.1) is 33.6 Å². The van der Waals surface area contributed by atoms with Crippen molar-refractivity contribution in [2.45, 2.75) is 47.1 Å². The van der Waals surface area contributed by atoms with Gasteiger partial charge in [-0.15, -0.1) is 5.10 Å². The summed E-state index contributed by atoms with van der Waals surface area (Å²) in [6, 6.07) is 16.6. The molecule has 1 atom stereocenters. The van der Waals surface area contributed by atoms with Crippen molar-refractivity contribution in [1.29, 1.82) is 0 Å². The molecule has 1 fully saturated rings. The van der Waals surface area contributed by atoms with E-state index in [1.54, 1.807) is 0 Å². The Balaban J connectivity index is 1.39. The molecule has 180 valence electrons. The molecule has 2 aromatic carbocycles. The molecule has 5 rings (SSSR count). The van der Waals surface area contributed by atoms with E-state index < -0.39 is 0 Å². The Hall–Kier alpha value is -3.74. The fraction of sp³-hybridized carbons (Fsp3) is 0.357. The van der Waals surface area contributed by atoms with Gasteiger partial charge in [0.25, 0.3) is 0 Å². The number of rotatable bonds is 5. The Morgan fingerprint density at radius 3 is 2.37 bits per heavy atom. The van der Waals surface area contributed by atoms with Crippen LogP contribution in [0.25, 0.3) is 16.6 Å². The van der Waals surface area contributed by atoms with E-state index in [0.717, 1.165) is 58.7 Å². The quantitative estimate of drug-likeness (QED) is 0.464. The zero-order chi connectivity index (χ0) is 24.5. The first-order valence-corrected chi connectivity index (χ1v) is 12.3. The van der Waals surface area contributed by atoms with Gasteiger partial charge in [0.15, 0.2) is 5.82 Å². The Bertz CT molecular complexity index is 1360. The Labute approximate surface area is 206 Å². The van der Waals surface area contributed by atoms with Crippen LogP contribution in [0.1, 0.15) is 40.9 Å². The molecular weight excluding hydrogens is 436 g/mol. The van der Waals surface area contributed by atoms with Crippen molar-refractivity contribution in [3.05, 3.63) is 76.6 Å². The van der Waals surface area contributed by atoms with Crippen molar-refractivity contribution < 1.29 is 4.79 Å². The van der Waals surface area contributed by atoms with Crippen LogP contribution >= 0.6 is 0 Å². The second-order valence-corrected chi connectivity index (χ2v) is 9.65. The number of hydrogen-bond donors (Lipinski definition) is 1. The van der Waals surface area contributed by atoms with Crippen molar-refractivity contribution in [2.75, 3.05) is 18.0 Å². The first-order valence-electron chi connectivity index (χ1n) is 12.3. The monoisotopic (exact) mass is 468 g/mol. The van der Waals surface area contributed by atoms with Gasteiger partial charge in [-0.05, 0) is 58.2 Å². The number of hydrogen-bond acceptors (Lipinski definition) is 5. The average molecular weight is 469 g/mol. The molecule has 1 amide bonds. The number of carbonyl (C=O) groups is 1. The largest absolute Gasteiger partial charge is 0.352 e. The maximum atomic E-state index is 13.0. The number of anilines is 1. The second-order valence-electron chi connectivity index (χ2n) is 9.65. The first-order chi connectivity index (χ1) is 16.9. The van der Waals surface area contributed by atoms with Gasteiger partial charge in [-0.1, -0.05) is 47.5 Å². The van der Waals surface area contributed by atoms with E-state index in [4.69, 9.17) is 5.10 Å². The molecule has 2 aromatic heterocycles. The lowest BCUT2D eigenvalue weighted by atomic mass is 9.97. The van der Waals surface area contributed by atoms with Crippen LogP contribution in [0.3, 0.4) is 0 Å². The van der Waals surface area contributed by atoms with Crippen LogP contribution in [-0.2, 0) is 11.3 Å². The predicted octanol–water partition coefficient (Wildman–Crippen LogP) is 4.58. The van der Waals surface area contributed by atoms with Crippen LogP contribution < -0.4 is 10.2 Å². The zero-order valence-electron chi connectivity index (χ0n) is 20.9. The fourth-order valence-corrected chi connectivity index (χ4v) is 4.88. The molecule has 1 aliphatic rings. The minimum Gasteiger partial charge on any atom is -0.352 e. The Kier molecular flexibility index (Phi) is 6.24. The molecule has 4 aromatic rings. The summed E-state index contributed by atoms with van der Waals surface area (Å²) < 4.78 is 1.97. The lowest BCUT2D eigenvalue weighted by molar-refractivity contribution is -0.125. The lowest BCUT2D eigenvalue weighted by Crippen LogP contribution is -2.43. The van der Waals surface area contributed by atoms with Gasteiger partial charge in [-0.3, -0.25) is 4.79 Å². The van der Waals surface area contributed by atoms with E-state index in [1.807, 2.05) is 11.6 Å². The van der Waals surface area contributed by atoms with Crippen LogP contribution in [0.2, 0.25) is 0 Å². The molecule has 1 saturated heterocycles. The molecule has 1 N–H and O–H groups in total. The number of amides is 1. The SMILES string of the molecule is Cc1ccc(CNC(=O)C2CCCN(c3nnc(C)c4c(C)n(-c5ccc(C)cc5)nc34)C2)cc1. The molecule has 0 bridgehead atoms. The summed E-state index contributed by atoms with van der Waals surface area (Å²) in [6.45, 7) is 10.2. The smallest absolute Gasteiger partial charge is 0.225 e. The first kappa shape index (κ1) is 23.0. The van der Waals surface area contributed by atoms with Crippen molar-refractivity contribution in [1.82, 2.24) is 25.3 Å². The highest BCUT2D eigenvalue weighted by Crippen LogP contribution is 2.31. The molecule has 1 unspecified atom stereocenters. The van der Waals surface area contributed by atoms with Crippen LogP contribution in [0.5, 0.6) is 0 Å². The number of aryl methyl sites for hydroxylation is 4. The predicted molar refractivity (Wildman–Crippen MR) is 139 cm³/mol. The minimum atomic E-state index is -0.0902.